The molecule has 0 amide bonds. The molecule has 6 nitrogen and oxygen atoms in total. The van der Waals surface area contributed by atoms with Gasteiger partial charge >= 0.3 is 0 Å². The van der Waals surface area contributed by atoms with Gasteiger partial charge in [-0.1, -0.05) is 11.1 Å². The van der Waals surface area contributed by atoms with E-state index in [9.17, 15) is 22.0 Å². The van der Waals surface area contributed by atoms with Gasteiger partial charge in [-0.15, -0.1) is 4.41 Å². The summed E-state index contributed by atoms with van der Waals surface area (Å²) >= 11 is 0. The Kier molecular flexibility index (Phi) is 4.97. The van der Waals surface area contributed by atoms with Crippen molar-refractivity contribution in [2.24, 2.45) is 12.9 Å². The maximum absolute atomic E-state index is 14.1. The van der Waals surface area contributed by atoms with Gasteiger partial charge < -0.3 is 4.57 Å². The molecule has 0 radical (unpaired) electrons. The third-order valence-electron chi connectivity index (χ3n) is 5.54. The van der Waals surface area contributed by atoms with Gasteiger partial charge in [0.15, 0.2) is 0 Å². The first-order valence-corrected chi connectivity index (χ1v) is 10.3. The number of aryl methyl sites for hydroxylation is 1. The van der Waals surface area contributed by atoms with Gasteiger partial charge in [-0.3, -0.25) is 10.6 Å². The molecule has 0 saturated carbocycles. The molecule has 1 aliphatic rings. The first kappa shape index (κ1) is 20.6. The van der Waals surface area contributed by atoms with Crippen LogP contribution in [0, 0.1) is 0 Å². The van der Waals surface area contributed by atoms with Crippen molar-refractivity contribution in [3.8, 4) is 0 Å². The van der Waals surface area contributed by atoms with Gasteiger partial charge in [-0.05, 0) is 44.9 Å². The highest BCUT2D eigenvalue weighted by atomic mass is 32.2. The predicted octanol–water partition coefficient (Wildman–Crippen LogP) is 3.01. The summed E-state index contributed by atoms with van der Waals surface area (Å²) in [5.41, 5.74) is 1.10. The van der Waals surface area contributed by atoms with Gasteiger partial charge in [0.25, 0.3) is 21.5 Å². The van der Waals surface area contributed by atoms with Crippen LogP contribution >= 0.6 is 0 Å². The summed E-state index contributed by atoms with van der Waals surface area (Å²) in [4.78, 5) is 11.8. The second-order valence-electron chi connectivity index (χ2n) is 7.38. The topological polar surface area (TPSA) is 85.4 Å². The lowest BCUT2D eigenvalue weighted by Gasteiger charge is -2.25. The lowest BCUT2D eigenvalue weighted by Crippen LogP contribution is -2.45. The third-order valence-corrected chi connectivity index (χ3v) is 7.20. The number of allylic oxidation sites excluding steroid dienone is 1. The summed E-state index contributed by atoms with van der Waals surface area (Å²) in [5, 5.41) is -0.000980. The van der Waals surface area contributed by atoms with Crippen LogP contribution in [0.1, 0.15) is 39.2 Å². The molecule has 28 heavy (non-hydrogen) atoms. The van der Waals surface area contributed by atoms with Crippen molar-refractivity contribution >= 4 is 20.9 Å². The van der Waals surface area contributed by atoms with Crippen molar-refractivity contribution in [3.05, 3.63) is 51.3 Å². The zero-order valence-corrected chi connectivity index (χ0v) is 17.0. The zero-order valence-electron chi connectivity index (χ0n) is 16.2. The standard InChI is InChI=1S/C19H23F2N3O3S/c1-11-5-7-16(12(11)2)24(22)28(26,27)13-6-8-17-14(9-13)15(19(3,20)21)10-18(25)23(17)4/h6,8-10,16H,5,7,22H2,1-4H3. The van der Waals surface area contributed by atoms with Crippen LogP contribution in [-0.4, -0.2) is 23.4 Å². The van der Waals surface area contributed by atoms with Crippen molar-refractivity contribution in [2.75, 3.05) is 0 Å². The molecule has 1 atom stereocenters. The number of nitrogens with zero attached hydrogens (tertiary/aromatic N) is 2. The Bertz CT molecular complexity index is 1150. The van der Waals surface area contributed by atoms with Gasteiger partial charge in [0.1, 0.15) is 0 Å². The molecular weight excluding hydrogens is 388 g/mol. The summed E-state index contributed by atoms with van der Waals surface area (Å²) in [6.45, 7) is 4.45. The van der Waals surface area contributed by atoms with Gasteiger partial charge in [0.05, 0.1) is 16.5 Å². The van der Waals surface area contributed by atoms with Crippen LogP contribution in [0.3, 0.4) is 0 Å². The molecule has 1 aromatic carbocycles. The molecule has 2 aromatic rings. The van der Waals surface area contributed by atoms with Crippen LogP contribution in [0.25, 0.3) is 10.9 Å². The van der Waals surface area contributed by atoms with Crippen LogP contribution in [0.15, 0.2) is 45.1 Å². The van der Waals surface area contributed by atoms with E-state index in [-0.39, 0.29) is 15.8 Å². The number of aromatic nitrogens is 1. The number of hydrazine groups is 1. The fourth-order valence-corrected chi connectivity index (χ4v) is 4.97. The molecule has 0 fully saturated rings. The second-order valence-corrected chi connectivity index (χ2v) is 9.22. The number of fused-ring (bicyclic) bond motifs is 1. The van der Waals surface area contributed by atoms with Crippen molar-refractivity contribution in [2.45, 2.75) is 50.5 Å². The molecular formula is C19H23F2N3O3S. The fourth-order valence-electron chi connectivity index (χ4n) is 3.62. The number of benzene rings is 1. The van der Waals surface area contributed by atoms with Crippen molar-refractivity contribution in [1.29, 1.82) is 0 Å². The second kappa shape index (κ2) is 6.75. The molecule has 1 aromatic heterocycles. The Morgan fingerprint density at radius 3 is 2.43 bits per heavy atom. The number of nitrogens with two attached hydrogens (primary N) is 1. The summed E-state index contributed by atoms with van der Waals surface area (Å²) in [6, 6.07) is 4.18. The van der Waals surface area contributed by atoms with Crippen LogP contribution in [0.2, 0.25) is 0 Å². The average molecular weight is 411 g/mol. The van der Waals surface area contributed by atoms with Crippen LogP contribution in [0.5, 0.6) is 0 Å². The Labute approximate surface area is 162 Å². The maximum Gasteiger partial charge on any atom is 0.271 e. The fraction of sp³-hybridized carbons (Fsp3) is 0.421. The lowest BCUT2D eigenvalue weighted by atomic mass is 10.0. The van der Waals surface area contributed by atoms with E-state index in [1.807, 2.05) is 13.8 Å². The summed E-state index contributed by atoms with van der Waals surface area (Å²) < 4.78 is 56.3. The van der Waals surface area contributed by atoms with Gasteiger partial charge in [-0.25, -0.2) is 17.2 Å². The SMILES string of the molecule is CC1=C(C)C(N(N)S(=O)(=O)c2ccc3c(c2)c(C(C)(F)F)cc(=O)n3C)CC1. The largest absolute Gasteiger partial charge is 0.311 e. The Morgan fingerprint density at radius 2 is 1.89 bits per heavy atom. The molecule has 9 heteroatoms. The summed E-state index contributed by atoms with van der Waals surface area (Å²) in [7, 11) is -2.67. The molecule has 0 saturated heterocycles. The number of halogens is 2. The van der Waals surface area contributed by atoms with Crippen LogP contribution in [0.4, 0.5) is 8.78 Å². The minimum absolute atomic E-state index is 0.000980. The summed E-state index contributed by atoms with van der Waals surface area (Å²) in [6.07, 6.45) is 1.33. The molecule has 0 aliphatic heterocycles. The van der Waals surface area contributed by atoms with Crippen molar-refractivity contribution in [3.63, 3.8) is 0 Å². The smallest absolute Gasteiger partial charge is 0.271 e. The van der Waals surface area contributed by atoms with E-state index >= 15 is 0 Å². The van der Waals surface area contributed by atoms with Crippen molar-refractivity contribution < 1.29 is 17.2 Å². The summed E-state index contributed by atoms with van der Waals surface area (Å²) in [5.74, 6) is 2.66. The first-order chi connectivity index (χ1) is 12.9. The minimum atomic E-state index is -4.11. The normalized spacial score (nSPS) is 18.5. The molecule has 1 heterocycles. The van der Waals surface area contributed by atoms with E-state index in [0.29, 0.717) is 13.3 Å². The van der Waals surface area contributed by atoms with E-state index in [4.69, 9.17) is 5.84 Å². The van der Waals surface area contributed by atoms with Gasteiger partial charge in [0.2, 0.25) is 0 Å². The average Bonchev–Trinajstić information content (AvgIpc) is 2.95. The maximum atomic E-state index is 14.1. The van der Waals surface area contributed by atoms with E-state index in [2.05, 4.69) is 0 Å². The first-order valence-electron chi connectivity index (χ1n) is 8.83. The predicted molar refractivity (Wildman–Crippen MR) is 103 cm³/mol. The highest BCUT2D eigenvalue weighted by Gasteiger charge is 2.34. The van der Waals surface area contributed by atoms with Crippen LogP contribution in [-0.2, 0) is 23.0 Å². The minimum Gasteiger partial charge on any atom is -0.311 e. The number of rotatable bonds is 4. The van der Waals surface area contributed by atoms with E-state index in [0.717, 1.165) is 34.1 Å². The molecule has 152 valence electrons. The number of hydrogen-bond donors (Lipinski definition) is 1. The third kappa shape index (κ3) is 3.27. The lowest BCUT2D eigenvalue weighted by molar-refractivity contribution is 0.0189. The van der Waals surface area contributed by atoms with Gasteiger partial charge in [-0.2, -0.15) is 0 Å². The highest BCUT2D eigenvalue weighted by Crippen LogP contribution is 2.35. The number of hydrogen-bond acceptors (Lipinski definition) is 4. The Balaban J connectivity index is 2.19. The molecule has 1 unspecified atom stereocenters. The van der Waals surface area contributed by atoms with E-state index in [1.165, 1.54) is 23.7 Å². The monoisotopic (exact) mass is 411 g/mol. The van der Waals surface area contributed by atoms with Crippen LogP contribution < -0.4 is 11.4 Å². The van der Waals surface area contributed by atoms with Crippen molar-refractivity contribution in [1.82, 2.24) is 8.98 Å². The van der Waals surface area contributed by atoms with E-state index in [1.54, 1.807) is 0 Å². The quantitative estimate of drug-likeness (QED) is 0.476. The Morgan fingerprint density at radius 1 is 1.25 bits per heavy atom. The molecule has 0 bridgehead atoms. The number of sulfonamides is 1. The van der Waals surface area contributed by atoms with E-state index < -0.39 is 33.1 Å². The Hall–Kier alpha value is -2.10. The number of alkyl halides is 2. The number of pyridine rings is 1. The highest BCUT2D eigenvalue weighted by molar-refractivity contribution is 7.89. The zero-order chi connectivity index (χ0) is 21.0. The molecule has 1 aliphatic carbocycles. The molecule has 2 N–H and O–H groups in total. The van der Waals surface area contributed by atoms with Gasteiger partial charge in [0, 0.05) is 31.0 Å². The molecule has 3 rings (SSSR count). The molecule has 0 spiro atoms.